The Morgan fingerprint density at radius 3 is 2.23 bits per heavy atom. The first kappa shape index (κ1) is 31.5. The smallest absolute Gasteiger partial charge is 0.256 e. The number of amides is 2. The third kappa shape index (κ3) is 3.95. The molecule has 2 aliphatic carbocycles. The lowest BCUT2D eigenvalue weighted by molar-refractivity contribution is 0.0601. The van der Waals surface area contributed by atoms with Gasteiger partial charge in [-0.3, -0.25) is 14.4 Å². The fourth-order valence-corrected chi connectivity index (χ4v) is 10.1. The molecule has 53 heavy (non-hydrogen) atoms. The van der Waals surface area contributed by atoms with Crippen LogP contribution in [0.4, 0.5) is 11.4 Å². The Bertz CT molecular complexity index is 2850. The maximum absolute atomic E-state index is 13.9. The van der Waals surface area contributed by atoms with Crippen molar-refractivity contribution < 1.29 is 19.1 Å². The summed E-state index contributed by atoms with van der Waals surface area (Å²) in [4.78, 5) is 57.2. The summed E-state index contributed by atoms with van der Waals surface area (Å²) in [7, 11) is 0. The number of nitrogens with one attached hydrogen (secondary N) is 2. The molecule has 5 aromatic carbocycles. The third-order valence-electron chi connectivity index (χ3n) is 11.1. The average molecular weight is 829 g/mol. The summed E-state index contributed by atoms with van der Waals surface area (Å²) in [6, 6.07) is 15.1. The van der Waals surface area contributed by atoms with Crippen molar-refractivity contribution in [1.82, 2.24) is 20.2 Å². The molecule has 0 saturated carbocycles. The number of aldehydes is 1. The van der Waals surface area contributed by atoms with Crippen molar-refractivity contribution in [3.05, 3.63) is 90.9 Å². The number of rotatable bonds is 4. The van der Waals surface area contributed by atoms with Crippen LogP contribution in [0.15, 0.2) is 62.5 Å². The zero-order valence-corrected chi connectivity index (χ0v) is 31.9. The molecule has 12 heteroatoms. The molecule has 10 nitrogen and oxygen atoms in total. The summed E-state index contributed by atoms with van der Waals surface area (Å²) < 4.78 is 7.51. The van der Waals surface area contributed by atoms with E-state index in [9.17, 15) is 14.4 Å². The molecular formula is C41H28Br2N6O4. The number of carbonyl (C=O) groups is 3. The molecule has 5 aliphatic rings. The molecule has 1 aromatic heterocycles. The molecule has 2 N–H and O–H groups in total. The third-order valence-corrected chi connectivity index (χ3v) is 12.7. The fourth-order valence-electron chi connectivity index (χ4n) is 8.92. The van der Waals surface area contributed by atoms with Gasteiger partial charge < -0.3 is 20.3 Å². The lowest BCUT2D eigenvalue weighted by atomic mass is 9.94. The number of aromatic nitrogens is 2. The maximum Gasteiger partial charge on any atom is 0.256 e. The van der Waals surface area contributed by atoms with Gasteiger partial charge in [0.15, 0.2) is 12.5 Å². The van der Waals surface area contributed by atoms with E-state index in [-0.39, 0.29) is 42.3 Å². The van der Waals surface area contributed by atoms with Crippen molar-refractivity contribution in [2.24, 2.45) is 4.99 Å². The Hall–Kier alpha value is -5.04. The summed E-state index contributed by atoms with van der Waals surface area (Å²) in [6.07, 6.45) is 0.374. The predicted molar refractivity (Wildman–Crippen MR) is 210 cm³/mol. The highest BCUT2D eigenvalue weighted by atomic mass is 79.9. The van der Waals surface area contributed by atoms with E-state index in [0.29, 0.717) is 43.3 Å². The first-order valence-corrected chi connectivity index (χ1v) is 19.2. The van der Waals surface area contributed by atoms with Crippen LogP contribution in [0, 0.1) is 0 Å². The van der Waals surface area contributed by atoms with Crippen molar-refractivity contribution in [1.29, 1.82) is 0 Å². The van der Waals surface area contributed by atoms with Crippen molar-refractivity contribution in [2.45, 2.75) is 58.2 Å². The van der Waals surface area contributed by atoms with Crippen LogP contribution in [0.5, 0.6) is 0 Å². The molecule has 260 valence electrons. The van der Waals surface area contributed by atoms with Gasteiger partial charge in [0, 0.05) is 61.6 Å². The number of carbonyl (C=O) groups excluding carboxylic acids is 3. The molecule has 2 amide bonds. The summed E-state index contributed by atoms with van der Waals surface area (Å²) in [5.74, 6) is -0.256. The second kappa shape index (κ2) is 10.6. The van der Waals surface area contributed by atoms with Crippen LogP contribution in [0.3, 0.4) is 0 Å². The first-order valence-electron chi connectivity index (χ1n) is 17.6. The largest absolute Gasteiger partial charge is 0.370 e. The molecule has 11 rings (SSSR count). The number of hydrogen-bond donors (Lipinski definition) is 2. The highest BCUT2D eigenvalue weighted by Crippen LogP contribution is 2.57. The van der Waals surface area contributed by atoms with E-state index in [4.69, 9.17) is 19.7 Å². The van der Waals surface area contributed by atoms with Crippen LogP contribution in [0.25, 0.3) is 55.1 Å². The zero-order chi connectivity index (χ0) is 36.3. The summed E-state index contributed by atoms with van der Waals surface area (Å²) in [6.45, 7) is 7.86. The van der Waals surface area contributed by atoms with Crippen molar-refractivity contribution in [3.8, 4) is 22.5 Å². The monoisotopic (exact) mass is 826 g/mol. The minimum atomic E-state index is -0.326. The maximum atomic E-state index is 13.9. The number of halogens is 2. The fraction of sp³-hybridized carbons (Fsp3) is 0.220. The number of ether oxygens (including phenoxy) is 1. The minimum absolute atomic E-state index is 0.00155. The van der Waals surface area contributed by atoms with Crippen LogP contribution in [0.2, 0.25) is 0 Å². The van der Waals surface area contributed by atoms with E-state index in [2.05, 4.69) is 54.6 Å². The topological polar surface area (TPSA) is 129 Å². The van der Waals surface area contributed by atoms with E-state index >= 15 is 0 Å². The molecule has 1 saturated heterocycles. The number of aliphatic imine (C=N–C) groups is 1. The van der Waals surface area contributed by atoms with Gasteiger partial charge in [0.2, 0.25) is 0 Å². The van der Waals surface area contributed by atoms with Crippen LogP contribution in [-0.4, -0.2) is 57.0 Å². The number of hydrogen-bond acceptors (Lipinski definition) is 8. The Morgan fingerprint density at radius 1 is 0.849 bits per heavy atom. The van der Waals surface area contributed by atoms with Crippen LogP contribution >= 0.6 is 31.9 Å². The van der Waals surface area contributed by atoms with Gasteiger partial charge in [-0.25, -0.2) is 15.0 Å². The van der Waals surface area contributed by atoms with Gasteiger partial charge in [-0.15, -0.1) is 0 Å². The highest BCUT2D eigenvalue weighted by molar-refractivity contribution is 9.11. The Morgan fingerprint density at radius 2 is 1.51 bits per heavy atom. The zero-order valence-electron chi connectivity index (χ0n) is 28.8. The summed E-state index contributed by atoms with van der Waals surface area (Å²) in [5, 5.41) is 10.1. The average Bonchev–Trinajstić information content (AvgIpc) is 3.78. The quantitative estimate of drug-likeness (QED) is 0.134. The van der Waals surface area contributed by atoms with Gasteiger partial charge in [0.05, 0.1) is 37.8 Å². The van der Waals surface area contributed by atoms with E-state index in [0.717, 1.165) is 77.5 Å². The second-order valence-electron chi connectivity index (χ2n) is 14.8. The first-order chi connectivity index (χ1) is 25.6. The van der Waals surface area contributed by atoms with E-state index in [1.165, 1.54) is 0 Å². The van der Waals surface area contributed by atoms with Crippen molar-refractivity contribution in [3.63, 3.8) is 0 Å². The molecule has 1 fully saturated rings. The standard InChI is InChI=1S/C41H28Br2N6O4/c1-14(2)44-39(51)22-11-8-18-25-17(6-5-16(13-50)24(22)25)30-31(18)46-35-29(43)36-37(28(42)34(35)45-30)48-33-20-9-12-23-27-21(10-7-19(26(20)27)32(33)47-36)38-41(53-38)49(15(3)4)40(23)52/h5-15,30,38,41,45H,1-4H3,(H,44,51). The van der Waals surface area contributed by atoms with E-state index in [1.807, 2.05) is 56.9 Å². The highest BCUT2D eigenvalue weighted by Gasteiger charge is 2.52. The van der Waals surface area contributed by atoms with E-state index < -0.39 is 0 Å². The predicted octanol–water partition coefficient (Wildman–Crippen LogP) is 8.92. The molecule has 3 atom stereocenters. The Kier molecular flexibility index (Phi) is 6.27. The molecule has 0 spiro atoms. The van der Waals surface area contributed by atoms with Crippen LogP contribution in [0.1, 0.15) is 87.6 Å². The molecule has 4 heterocycles. The minimum Gasteiger partial charge on any atom is -0.370 e. The SMILES string of the molecule is CC(C)NC(=O)c1ccc2c3c(ccc(C=O)c13)C1Nc3c(c(Br)c4nc5c(nc4c3Br)-c3ccc4c6c(ccc-5c36)C3OC3N(C(C)C)C4=O)N=C21. The number of epoxide rings is 1. The normalized spacial score (nSPS) is 19.6. The Balaban J connectivity index is 1.10. The summed E-state index contributed by atoms with van der Waals surface area (Å²) in [5.41, 5.74) is 11.3. The molecule has 0 radical (unpaired) electrons. The number of anilines is 1. The van der Waals surface area contributed by atoms with E-state index in [1.54, 1.807) is 12.1 Å². The lowest BCUT2D eigenvalue weighted by Gasteiger charge is -2.26. The molecule has 6 aromatic rings. The number of nitrogens with zero attached hydrogens (tertiary/aromatic N) is 4. The van der Waals surface area contributed by atoms with Crippen molar-refractivity contribution >= 4 is 99.6 Å². The second-order valence-corrected chi connectivity index (χ2v) is 16.4. The molecule has 3 aliphatic heterocycles. The molecule has 0 bridgehead atoms. The van der Waals surface area contributed by atoms with Gasteiger partial charge in [-0.2, -0.15) is 0 Å². The lowest BCUT2D eigenvalue weighted by Crippen LogP contribution is -2.39. The Labute approximate surface area is 319 Å². The molecule has 3 unspecified atom stereocenters. The molecular weight excluding hydrogens is 800 g/mol. The van der Waals surface area contributed by atoms with Crippen LogP contribution < -0.4 is 10.6 Å². The number of benzene rings is 5. The van der Waals surface area contributed by atoms with Gasteiger partial charge >= 0.3 is 0 Å². The van der Waals surface area contributed by atoms with Gasteiger partial charge in [0.25, 0.3) is 11.8 Å². The van der Waals surface area contributed by atoms with Gasteiger partial charge in [0.1, 0.15) is 22.8 Å². The summed E-state index contributed by atoms with van der Waals surface area (Å²) >= 11 is 7.79. The van der Waals surface area contributed by atoms with Crippen LogP contribution in [-0.2, 0) is 4.74 Å². The van der Waals surface area contributed by atoms with Gasteiger partial charge in [-0.05, 0) is 88.2 Å². The van der Waals surface area contributed by atoms with Crippen molar-refractivity contribution in [2.75, 3.05) is 5.32 Å². The number of fused-ring (bicyclic) bond motifs is 10. The van der Waals surface area contributed by atoms with Gasteiger partial charge in [-0.1, -0.05) is 36.4 Å².